The lowest BCUT2D eigenvalue weighted by molar-refractivity contribution is -0.122. The molecule has 1 heterocycles. The van der Waals surface area contributed by atoms with Crippen molar-refractivity contribution in [3.05, 3.63) is 17.5 Å². The van der Waals surface area contributed by atoms with Crippen LogP contribution in [0.5, 0.6) is 0 Å². The van der Waals surface area contributed by atoms with Gasteiger partial charge in [-0.15, -0.1) is 0 Å². The molecule has 0 fully saturated rings. The van der Waals surface area contributed by atoms with Crippen LogP contribution in [-0.2, 0) is 17.9 Å². The van der Waals surface area contributed by atoms with Crippen molar-refractivity contribution in [1.29, 1.82) is 0 Å². The molecule has 0 spiro atoms. The molecule has 1 rings (SSSR count). The van der Waals surface area contributed by atoms with Crippen molar-refractivity contribution in [2.45, 2.75) is 53.2 Å². The topological polar surface area (TPSA) is 59.0 Å². The lowest BCUT2D eigenvalue weighted by Crippen LogP contribution is -2.42. The van der Waals surface area contributed by atoms with Gasteiger partial charge in [-0.1, -0.05) is 6.92 Å². The van der Waals surface area contributed by atoms with Crippen LogP contribution in [0.15, 0.2) is 6.07 Å². The minimum absolute atomic E-state index is 0.0520. The number of carbonyl (C=O) groups is 1. The van der Waals surface area contributed by atoms with E-state index in [0.29, 0.717) is 6.54 Å². The largest absolute Gasteiger partial charge is 0.355 e. The van der Waals surface area contributed by atoms with E-state index in [1.807, 2.05) is 31.5 Å². The number of hydrogen-bond donors (Lipinski definition) is 2. The second kappa shape index (κ2) is 7.16. The van der Waals surface area contributed by atoms with E-state index < -0.39 is 0 Å². The van der Waals surface area contributed by atoms with Gasteiger partial charge in [-0.25, -0.2) is 0 Å². The second-order valence-corrected chi connectivity index (χ2v) is 4.49. The van der Waals surface area contributed by atoms with E-state index in [0.717, 1.165) is 30.9 Å². The number of nitrogens with zero attached hydrogens (tertiary/aromatic N) is 2. The van der Waals surface area contributed by atoms with Crippen molar-refractivity contribution in [2.24, 2.45) is 0 Å². The predicted molar refractivity (Wildman–Crippen MR) is 72.2 cm³/mol. The zero-order valence-corrected chi connectivity index (χ0v) is 11.8. The Morgan fingerprint density at radius 2 is 2.22 bits per heavy atom. The standard InChI is InChI=1S/C13H24N4O/c1-5-7-14-13(18)11(4)15-9-12-8-10(3)16-17(12)6-2/h8,11,15H,5-7,9H2,1-4H3,(H,14,18). The number of amides is 1. The van der Waals surface area contributed by atoms with Crippen molar-refractivity contribution < 1.29 is 4.79 Å². The van der Waals surface area contributed by atoms with Gasteiger partial charge in [-0.3, -0.25) is 9.48 Å². The summed E-state index contributed by atoms with van der Waals surface area (Å²) in [6.07, 6.45) is 0.959. The minimum Gasteiger partial charge on any atom is -0.355 e. The Labute approximate surface area is 109 Å². The molecular formula is C13H24N4O. The Morgan fingerprint density at radius 3 is 2.83 bits per heavy atom. The van der Waals surface area contributed by atoms with Crippen LogP contribution in [0.2, 0.25) is 0 Å². The first-order valence-electron chi connectivity index (χ1n) is 6.62. The maximum absolute atomic E-state index is 11.7. The van der Waals surface area contributed by atoms with Gasteiger partial charge in [-0.05, 0) is 33.3 Å². The van der Waals surface area contributed by atoms with Gasteiger partial charge in [0.2, 0.25) is 5.91 Å². The summed E-state index contributed by atoms with van der Waals surface area (Å²) in [5, 5.41) is 10.5. The van der Waals surface area contributed by atoms with E-state index in [9.17, 15) is 4.79 Å². The van der Waals surface area contributed by atoms with Crippen LogP contribution in [0.1, 0.15) is 38.6 Å². The highest BCUT2D eigenvalue weighted by atomic mass is 16.2. The first-order chi connectivity index (χ1) is 8.58. The summed E-state index contributed by atoms with van der Waals surface area (Å²) in [5.74, 6) is 0.0520. The molecule has 5 heteroatoms. The molecule has 0 saturated heterocycles. The Morgan fingerprint density at radius 1 is 1.50 bits per heavy atom. The average Bonchev–Trinajstić information content (AvgIpc) is 2.73. The molecule has 2 N–H and O–H groups in total. The van der Waals surface area contributed by atoms with E-state index in [4.69, 9.17) is 0 Å². The summed E-state index contributed by atoms with van der Waals surface area (Å²) in [4.78, 5) is 11.7. The van der Waals surface area contributed by atoms with Crippen molar-refractivity contribution >= 4 is 5.91 Å². The molecule has 0 radical (unpaired) electrons. The number of aromatic nitrogens is 2. The van der Waals surface area contributed by atoms with Gasteiger partial charge >= 0.3 is 0 Å². The lowest BCUT2D eigenvalue weighted by atomic mass is 10.3. The van der Waals surface area contributed by atoms with Crippen molar-refractivity contribution in [3.8, 4) is 0 Å². The Hall–Kier alpha value is -1.36. The molecule has 0 saturated carbocycles. The Bertz CT molecular complexity index is 386. The van der Waals surface area contributed by atoms with Crippen LogP contribution in [0, 0.1) is 6.92 Å². The van der Waals surface area contributed by atoms with Crippen LogP contribution < -0.4 is 10.6 Å². The molecule has 102 valence electrons. The number of hydrogen-bond acceptors (Lipinski definition) is 3. The molecule has 1 amide bonds. The second-order valence-electron chi connectivity index (χ2n) is 4.49. The monoisotopic (exact) mass is 252 g/mol. The zero-order valence-electron chi connectivity index (χ0n) is 11.8. The fourth-order valence-electron chi connectivity index (χ4n) is 1.77. The summed E-state index contributed by atoms with van der Waals surface area (Å²) in [6.45, 7) is 10.2. The van der Waals surface area contributed by atoms with Crippen LogP contribution >= 0.6 is 0 Å². The fourth-order valence-corrected chi connectivity index (χ4v) is 1.77. The van der Waals surface area contributed by atoms with Crippen LogP contribution in [0.3, 0.4) is 0 Å². The van der Waals surface area contributed by atoms with Gasteiger partial charge in [0.1, 0.15) is 0 Å². The van der Waals surface area contributed by atoms with E-state index in [1.54, 1.807) is 0 Å². The van der Waals surface area contributed by atoms with Crippen molar-refractivity contribution in [2.75, 3.05) is 6.54 Å². The Kier molecular flexibility index (Phi) is 5.85. The third-order valence-electron chi connectivity index (χ3n) is 2.82. The van der Waals surface area contributed by atoms with Gasteiger partial charge in [0.25, 0.3) is 0 Å². The van der Waals surface area contributed by atoms with Gasteiger partial charge in [0, 0.05) is 19.6 Å². The van der Waals surface area contributed by atoms with E-state index in [1.165, 1.54) is 0 Å². The van der Waals surface area contributed by atoms with Crippen molar-refractivity contribution in [1.82, 2.24) is 20.4 Å². The minimum atomic E-state index is -0.183. The molecule has 1 aromatic rings. The molecule has 1 atom stereocenters. The highest BCUT2D eigenvalue weighted by Crippen LogP contribution is 2.03. The smallest absolute Gasteiger partial charge is 0.236 e. The molecule has 0 aromatic carbocycles. The molecule has 0 aliphatic heterocycles. The lowest BCUT2D eigenvalue weighted by Gasteiger charge is -2.14. The molecule has 1 aromatic heterocycles. The fraction of sp³-hybridized carbons (Fsp3) is 0.692. The van der Waals surface area contributed by atoms with Gasteiger partial charge in [0.15, 0.2) is 0 Å². The molecule has 0 aliphatic carbocycles. The van der Waals surface area contributed by atoms with E-state index >= 15 is 0 Å². The molecular weight excluding hydrogens is 228 g/mol. The van der Waals surface area contributed by atoms with Gasteiger partial charge in [0.05, 0.1) is 17.4 Å². The van der Waals surface area contributed by atoms with Crippen molar-refractivity contribution in [3.63, 3.8) is 0 Å². The summed E-state index contributed by atoms with van der Waals surface area (Å²) >= 11 is 0. The predicted octanol–water partition coefficient (Wildman–Crippen LogP) is 1.22. The zero-order chi connectivity index (χ0) is 13.5. The third-order valence-corrected chi connectivity index (χ3v) is 2.82. The van der Waals surface area contributed by atoms with Crippen LogP contribution in [0.4, 0.5) is 0 Å². The first-order valence-corrected chi connectivity index (χ1v) is 6.62. The van der Waals surface area contributed by atoms with E-state index in [-0.39, 0.29) is 11.9 Å². The van der Waals surface area contributed by atoms with Crippen LogP contribution in [0.25, 0.3) is 0 Å². The average molecular weight is 252 g/mol. The molecule has 0 aliphatic rings. The first kappa shape index (κ1) is 14.7. The highest BCUT2D eigenvalue weighted by molar-refractivity contribution is 5.81. The maximum Gasteiger partial charge on any atom is 0.236 e. The highest BCUT2D eigenvalue weighted by Gasteiger charge is 2.12. The maximum atomic E-state index is 11.7. The summed E-state index contributed by atoms with van der Waals surface area (Å²) in [5.41, 5.74) is 2.13. The normalized spacial score (nSPS) is 12.4. The number of carbonyl (C=O) groups excluding carboxylic acids is 1. The molecule has 18 heavy (non-hydrogen) atoms. The van der Waals surface area contributed by atoms with Gasteiger partial charge < -0.3 is 10.6 Å². The Balaban J connectivity index is 2.46. The SMILES string of the molecule is CCCNC(=O)C(C)NCc1cc(C)nn1CC. The number of rotatable bonds is 7. The molecule has 5 nitrogen and oxygen atoms in total. The quantitative estimate of drug-likeness (QED) is 0.767. The van der Waals surface area contributed by atoms with Crippen LogP contribution in [-0.4, -0.2) is 28.3 Å². The third kappa shape index (κ3) is 4.14. The van der Waals surface area contributed by atoms with E-state index in [2.05, 4.69) is 22.7 Å². The summed E-state index contributed by atoms with van der Waals surface area (Å²) < 4.78 is 1.96. The summed E-state index contributed by atoms with van der Waals surface area (Å²) in [6, 6.07) is 1.87. The number of nitrogens with one attached hydrogen (secondary N) is 2. The van der Waals surface area contributed by atoms with Gasteiger partial charge in [-0.2, -0.15) is 5.10 Å². The number of aryl methyl sites for hydroxylation is 2. The molecule has 1 unspecified atom stereocenters. The molecule has 0 bridgehead atoms. The summed E-state index contributed by atoms with van der Waals surface area (Å²) in [7, 11) is 0.